The number of benzene rings is 2. The van der Waals surface area contributed by atoms with Crippen LogP contribution in [0.4, 0.5) is 5.00 Å². The standard InChI is InChI=1S/C26H30N2O2S/c1-18-19(2)31-26(27-25(29)20-12-6-4-7-13-20)23(18)24(28-16-10-5-11-17-28)21-14-8-9-15-22(21)30-3/h4,6-9,12-15,24H,5,10-11,16-17H2,1-3H3,(H,27,29)/p+1/t24-/m0/s1. The van der Waals surface area contributed by atoms with Crippen LogP contribution in [0.3, 0.4) is 0 Å². The van der Waals surface area contributed by atoms with E-state index in [0.717, 1.165) is 23.8 Å². The van der Waals surface area contributed by atoms with Gasteiger partial charge in [0.2, 0.25) is 0 Å². The van der Waals surface area contributed by atoms with Crippen molar-refractivity contribution in [1.29, 1.82) is 0 Å². The molecule has 0 radical (unpaired) electrons. The zero-order chi connectivity index (χ0) is 21.8. The van der Waals surface area contributed by atoms with Crippen molar-refractivity contribution in [2.24, 2.45) is 0 Å². The molecule has 0 aliphatic carbocycles. The average Bonchev–Trinajstić information content (AvgIpc) is 3.09. The zero-order valence-corrected chi connectivity index (χ0v) is 19.4. The number of hydrogen-bond acceptors (Lipinski definition) is 3. The number of quaternary nitrogens is 1. The first-order valence-electron chi connectivity index (χ1n) is 11.0. The number of amides is 1. The minimum Gasteiger partial charge on any atom is -0.496 e. The Bertz CT molecular complexity index is 1040. The topological polar surface area (TPSA) is 42.8 Å². The summed E-state index contributed by atoms with van der Waals surface area (Å²) in [5.41, 5.74) is 4.37. The maximum atomic E-state index is 13.0. The number of hydrogen-bond donors (Lipinski definition) is 2. The number of carbonyl (C=O) groups is 1. The second-order valence-corrected chi connectivity index (χ2v) is 9.46. The van der Waals surface area contributed by atoms with Crippen LogP contribution in [0.1, 0.15) is 57.2 Å². The summed E-state index contributed by atoms with van der Waals surface area (Å²) >= 11 is 1.68. The third-order valence-corrected chi connectivity index (χ3v) is 7.48. The highest BCUT2D eigenvalue weighted by atomic mass is 32.1. The largest absolute Gasteiger partial charge is 0.496 e. The van der Waals surface area contributed by atoms with Gasteiger partial charge in [-0.2, -0.15) is 0 Å². The summed E-state index contributed by atoms with van der Waals surface area (Å²) < 4.78 is 5.78. The van der Waals surface area contributed by atoms with Crippen LogP contribution in [-0.2, 0) is 0 Å². The van der Waals surface area contributed by atoms with Gasteiger partial charge in [0.1, 0.15) is 16.8 Å². The Morgan fingerprint density at radius 1 is 1.00 bits per heavy atom. The van der Waals surface area contributed by atoms with Gasteiger partial charge in [-0.15, -0.1) is 11.3 Å². The van der Waals surface area contributed by atoms with E-state index in [-0.39, 0.29) is 11.9 Å². The van der Waals surface area contributed by atoms with Crippen LogP contribution in [-0.4, -0.2) is 26.1 Å². The van der Waals surface area contributed by atoms with E-state index in [1.54, 1.807) is 23.3 Å². The predicted octanol–water partition coefficient (Wildman–Crippen LogP) is 4.78. The van der Waals surface area contributed by atoms with Crippen molar-refractivity contribution in [3.05, 3.63) is 81.7 Å². The van der Waals surface area contributed by atoms with Gasteiger partial charge in [-0.05, 0) is 62.9 Å². The molecule has 1 amide bonds. The third-order valence-electron chi connectivity index (χ3n) is 6.34. The van der Waals surface area contributed by atoms with E-state index < -0.39 is 0 Å². The smallest absolute Gasteiger partial charge is 0.256 e. The molecule has 2 heterocycles. The van der Waals surface area contributed by atoms with Crippen LogP contribution < -0.4 is 15.0 Å². The van der Waals surface area contributed by atoms with Crippen LogP contribution in [0.5, 0.6) is 5.75 Å². The lowest BCUT2D eigenvalue weighted by molar-refractivity contribution is -0.930. The van der Waals surface area contributed by atoms with E-state index in [1.807, 2.05) is 42.5 Å². The van der Waals surface area contributed by atoms with Crippen LogP contribution in [0.2, 0.25) is 0 Å². The second-order valence-electron chi connectivity index (χ2n) is 8.24. The molecule has 0 unspecified atom stereocenters. The highest BCUT2D eigenvalue weighted by Gasteiger charge is 2.35. The van der Waals surface area contributed by atoms with Gasteiger partial charge >= 0.3 is 0 Å². The van der Waals surface area contributed by atoms with E-state index in [9.17, 15) is 4.79 Å². The van der Waals surface area contributed by atoms with Crippen LogP contribution >= 0.6 is 11.3 Å². The summed E-state index contributed by atoms with van der Waals surface area (Å²) in [5.74, 6) is 0.852. The number of piperidine rings is 1. The lowest BCUT2D eigenvalue weighted by Gasteiger charge is -2.33. The second kappa shape index (κ2) is 9.67. The summed E-state index contributed by atoms with van der Waals surface area (Å²) in [4.78, 5) is 15.8. The Morgan fingerprint density at radius 2 is 1.68 bits per heavy atom. The number of thiophene rings is 1. The number of carbonyl (C=O) groups excluding carboxylic acids is 1. The van der Waals surface area contributed by atoms with E-state index in [4.69, 9.17) is 4.74 Å². The lowest BCUT2D eigenvalue weighted by Crippen LogP contribution is -3.13. The van der Waals surface area contributed by atoms with Gasteiger partial charge in [-0.1, -0.05) is 30.3 Å². The van der Waals surface area contributed by atoms with Crippen LogP contribution in [0, 0.1) is 13.8 Å². The molecule has 0 spiro atoms. The Labute approximate surface area is 188 Å². The van der Waals surface area contributed by atoms with Gasteiger partial charge in [-0.25, -0.2) is 0 Å². The van der Waals surface area contributed by atoms with E-state index in [2.05, 4.69) is 31.3 Å². The van der Waals surface area contributed by atoms with E-state index in [1.165, 1.54) is 40.8 Å². The number of aryl methyl sites for hydroxylation is 1. The molecular formula is C26H31N2O2S+. The summed E-state index contributed by atoms with van der Waals surface area (Å²) in [6, 6.07) is 17.9. The number of nitrogens with one attached hydrogen (secondary N) is 2. The fourth-order valence-electron chi connectivity index (χ4n) is 4.63. The fourth-order valence-corrected chi connectivity index (χ4v) is 5.72. The van der Waals surface area contributed by atoms with Gasteiger partial charge in [0.25, 0.3) is 5.91 Å². The first-order valence-corrected chi connectivity index (χ1v) is 11.9. The highest BCUT2D eigenvalue weighted by molar-refractivity contribution is 7.16. The normalized spacial score (nSPS) is 15.5. The summed E-state index contributed by atoms with van der Waals surface area (Å²) in [6.07, 6.45) is 3.76. The van der Waals surface area contributed by atoms with Crippen molar-refractivity contribution in [1.82, 2.24) is 0 Å². The van der Waals surface area contributed by atoms with Crippen molar-refractivity contribution < 1.29 is 14.4 Å². The molecule has 5 heteroatoms. The fraction of sp³-hybridized carbons (Fsp3) is 0.346. The Hall–Kier alpha value is -2.63. The molecule has 31 heavy (non-hydrogen) atoms. The van der Waals surface area contributed by atoms with Crippen molar-refractivity contribution >= 4 is 22.2 Å². The molecule has 162 valence electrons. The molecule has 0 saturated carbocycles. The van der Waals surface area contributed by atoms with Gasteiger partial charge in [0.15, 0.2) is 0 Å². The zero-order valence-electron chi connectivity index (χ0n) is 18.5. The van der Waals surface area contributed by atoms with Crippen molar-refractivity contribution in [3.63, 3.8) is 0 Å². The molecule has 4 nitrogen and oxygen atoms in total. The number of methoxy groups -OCH3 is 1. The van der Waals surface area contributed by atoms with Gasteiger partial charge in [0, 0.05) is 10.4 Å². The number of anilines is 1. The first kappa shape index (κ1) is 21.6. The maximum absolute atomic E-state index is 13.0. The van der Waals surface area contributed by atoms with E-state index in [0.29, 0.717) is 5.56 Å². The number of likely N-dealkylation sites (tertiary alicyclic amines) is 1. The molecule has 3 aromatic rings. The summed E-state index contributed by atoms with van der Waals surface area (Å²) in [7, 11) is 1.74. The summed E-state index contributed by atoms with van der Waals surface area (Å²) in [6.45, 7) is 6.59. The average molecular weight is 436 g/mol. The maximum Gasteiger partial charge on any atom is 0.256 e. The Balaban J connectivity index is 1.80. The van der Waals surface area contributed by atoms with Crippen LogP contribution in [0.25, 0.3) is 0 Å². The quantitative estimate of drug-likeness (QED) is 0.585. The molecule has 1 saturated heterocycles. The van der Waals surface area contributed by atoms with Gasteiger partial charge in [-0.3, -0.25) is 4.79 Å². The molecule has 1 fully saturated rings. The summed E-state index contributed by atoms with van der Waals surface area (Å²) in [5, 5.41) is 4.20. The highest BCUT2D eigenvalue weighted by Crippen LogP contribution is 2.40. The molecule has 1 atom stereocenters. The minimum atomic E-state index is -0.0597. The predicted molar refractivity (Wildman–Crippen MR) is 128 cm³/mol. The molecule has 2 N–H and O–H groups in total. The molecule has 0 bridgehead atoms. The number of para-hydroxylation sites is 1. The minimum absolute atomic E-state index is 0.0597. The molecular weight excluding hydrogens is 404 g/mol. The molecule has 2 aromatic carbocycles. The number of rotatable bonds is 6. The van der Waals surface area contributed by atoms with Gasteiger partial charge < -0.3 is 15.0 Å². The monoisotopic (exact) mass is 435 g/mol. The Kier molecular flexibility index (Phi) is 6.73. The first-order chi connectivity index (χ1) is 15.1. The number of ether oxygens (including phenoxy) is 1. The van der Waals surface area contributed by atoms with E-state index >= 15 is 0 Å². The van der Waals surface area contributed by atoms with Crippen LogP contribution in [0.15, 0.2) is 54.6 Å². The lowest BCUT2D eigenvalue weighted by atomic mass is 9.92. The molecule has 4 rings (SSSR count). The van der Waals surface area contributed by atoms with Crippen molar-refractivity contribution in [2.75, 3.05) is 25.5 Å². The van der Waals surface area contributed by atoms with Crippen molar-refractivity contribution in [3.8, 4) is 5.75 Å². The van der Waals surface area contributed by atoms with Gasteiger partial charge in [0.05, 0.1) is 31.3 Å². The SMILES string of the molecule is COc1ccccc1[C@@H](c1c(NC(=O)c2ccccc2)sc(C)c1C)[NH+]1CCCCC1. The Morgan fingerprint density at radius 3 is 2.39 bits per heavy atom. The molecule has 1 aliphatic rings. The van der Waals surface area contributed by atoms with Crippen molar-refractivity contribution in [2.45, 2.75) is 39.2 Å². The molecule has 1 aromatic heterocycles. The molecule has 1 aliphatic heterocycles. The third kappa shape index (κ3) is 4.53.